The fourth-order valence-corrected chi connectivity index (χ4v) is 6.16. The van der Waals surface area contributed by atoms with Gasteiger partial charge in [-0.05, 0) is 91.4 Å². The van der Waals surface area contributed by atoms with E-state index in [1.165, 1.54) is 54.0 Å². The first-order valence-electron chi connectivity index (χ1n) is 15.0. The molecule has 2 fully saturated rings. The largest absolute Gasteiger partial charge is 0.497 e. The standard InChI is InChI=1S/C37H31NO8/c1-44-30-12-6-10-27(20-30)37(43)46-29-16-13-24(14-17-29)33(39)22-45-36(42)26-9-5-11-28(19-26)38-34(40)31-18-15-25(21-32(31)35(38)41)23-7-3-2-4-8-23/h2-14,16-17,19-20,25,31-32H,15,18,21-22H2,1H3/t25-,31+,32+/m1/s1. The maximum Gasteiger partial charge on any atom is 0.343 e. The minimum Gasteiger partial charge on any atom is -0.497 e. The van der Waals surface area contributed by atoms with E-state index in [4.69, 9.17) is 14.2 Å². The highest BCUT2D eigenvalue weighted by Gasteiger charge is 2.50. The van der Waals surface area contributed by atoms with E-state index >= 15 is 0 Å². The van der Waals surface area contributed by atoms with Crippen molar-refractivity contribution in [1.82, 2.24) is 0 Å². The number of fused-ring (bicyclic) bond motifs is 1. The van der Waals surface area contributed by atoms with Crippen molar-refractivity contribution in [2.24, 2.45) is 11.8 Å². The van der Waals surface area contributed by atoms with Crippen LogP contribution < -0.4 is 14.4 Å². The molecule has 4 aromatic carbocycles. The van der Waals surface area contributed by atoms with Gasteiger partial charge in [-0.15, -0.1) is 0 Å². The van der Waals surface area contributed by atoms with Crippen molar-refractivity contribution in [2.45, 2.75) is 25.2 Å². The summed E-state index contributed by atoms with van der Waals surface area (Å²) in [7, 11) is 1.50. The highest BCUT2D eigenvalue weighted by atomic mass is 16.5. The number of anilines is 1. The summed E-state index contributed by atoms with van der Waals surface area (Å²) in [6.07, 6.45) is 2.06. The van der Waals surface area contributed by atoms with E-state index < -0.39 is 30.2 Å². The van der Waals surface area contributed by atoms with Crippen molar-refractivity contribution < 1.29 is 38.2 Å². The molecule has 4 aromatic rings. The van der Waals surface area contributed by atoms with Crippen molar-refractivity contribution in [2.75, 3.05) is 18.6 Å². The maximum absolute atomic E-state index is 13.5. The number of esters is 2. The molecule has 9 nitrogen and oxygen atoms in total. The number of carbonyl (C=O) groups is 5. The van der Waals surface area contributed by atoms with Crippen LogP contribution in [-0.2, 0) is 14.3 Å². The van der Waals surface area contributed by atoms with Crippen LogP contribution in [0.2, 0.25) is 0 Å². The average molecular weight is 618 g/mol. The minimum atomic E-state index is -0.764. The molecular weight excluding hydrogens is 586 g/mol. The highest BCUT2D eigenvalue weighted by Crippen LogP contribution is 2.45. The lowest BCUT2D eigenvalue weighted by Gasteiger charge is -2.28. The fourth-order valence-electron chi connectivity index (χ4n) is 6.16. The van der Waals surface area contributed by atoms with Gasteiger partial charge in [-0.25, -0.2) is 9.59 Å². The summed E-state index contributed by atoms with van der Waals surface area (Å²) in [6, 6.07) is 28.6. The number of benzene rings is 4. The molecule has 232 valence electrons. The molecule has 0 radical (unpaired) electrons. The molecule has 1 heterocycles. The number of ketones is 1. The van der Waals surface area contributed by atoms with Crippen LogP contribution in [-0.4, -0.2) is 43.3 Å². The van der Waals surface area contributed by atoms with Gasteiger partial charge in [0.2, 0.25) is 11.8 Å². The van der Waals surface area contributed by atoms with Crippen LogP contribution in [0.1, 0.15) is 61.8 Å². The summed E-state index contributed by atoms with van der Waals surface area (Å²) >= 11 is 0. The molecule has 1 saturated heterocycles. The van der Waals surface area contributed by atoms with E-state index in [9.17, 15) is 24.0 Å². The summed E-state index contributed by atoms with van der Waals surface area (Å²) in [5.41, 5.74) is 2.16. The second kappa shape index (κ2) is 13.2. The molecule has 0 unspecified atom stereocenters. The Bertz CT molecular complexity index is 1800. The quantitative estimate of drug-likeness (QED) is 0.0968. The summed E-state index contributed by atoms with van der Waals surface area (Å²) < 4.78 is 15.8. The Balaban J connectivity index is 1.06. The second-order valence-corrected chi connectivity index (χ2v) is 11.3. The number of methoxy groups -OCH3 is 1. The fraction of sp³-hybridized carbons (Fsp3) is 0.216. The zero-order chi connectivity index (χ0) is 32.2. The average Bonchev–Trinajstić information content (AvgIpc) is 3.36. The van der Waals surface area contributed by atoms with Gasteiger partial charge in [-0.3, -0.25) is 19.3 Å². The van der Waals surface area contributed by atoms with Crippen molar-refractivity contribution in [3.05, 3.63) is 125 Å². The van der Waals surface area contributed by atoms with Gasteiger partial charge >= 0.3 is 11.9 Å². The highest BCUT2D eigenvalue weighted by molar-refractivity contribution is 6.22. The Morgan fingerprint density at radius 1 is 0.696 bits per heavy atom. The number of carbonyl (C=O) groups excluding carboxylic acids is 5. The van der Waals surface area contributed by atoms with Crippen LogP contribution in [0.3, 0.4) is 0 Å². The second-order valence-electron chi connectivity index (χ2n) is 11.3. The number of Topliss-reactive ketones (excluding diaryl/α,β-unsaturated/α-hetero) is 1. The number of nitrogens with zero attached hydrogens (tertiary/aromatic N) is 1. The van der Waals surface area contributed by atoms with E-state index in [1.807, 2.05) is 18.2 Å². The van der Waals surface area contributed by atoms with Gasteiger partial charge in [-0.2, -0.15) is 0 Å². The molecule has 3 atom stereocenters. The van der Waals surface area contributed by atoms with Gasteiger partial charge in [0, 0.05) is 5.56 Å². The molecule has 1 aliphatic carbocycles. The Labute approximate surface area is 265 Å². The Morgan fingerprint density at radius 3 is 2.13 bits per heavy atom. The van der Waals surface area contributed by atoms with Crippen molar-refractivity contribution >= 4 is 35.2 Å². The minimum absolute atomic E-state index is 0.114. The molecule has 1 aliphatic heterocycles. The summed E-state index contributed by atoms with van der Waals surface area (Å²) in [5, 5.41) is 0. The van der Waals surface area contributed by atoms with Crippen LogP contribution in [0.4, 0.5) is 5.69 Å². The van der Waals surface area contributed by atoms with Gasteiger partial charge in [0.25, 0.3) is 0 Å². The molecule has 6 rings (SSSR count). The number of hydrogen-bond acceptors (Lipinski definition) is 8. The first-order chi connectivity index (χ1) is 22.3. The summed E-state index contributed by atoms with van der Waals surface area (Å²) in [6.45, 7) is -0.529. The normalized spacial score (nSPS) is 18.9. The van der Waals surface area contributed by atoms with Gasteiger partial charge in [0.1, 0.15) is 11.5 Å². The lowest BCUT2D eigenvalue weighted by Crippen LogP contribution is -2.31. The zero-order valence-electron chi connectivity index (χ0n) is 25.1. The molecule has 0 bridgehead atoms. The third-order valence-electron chi connectivity index (χ3n) is 8.56. The molecular formula is C37H31NO8. The first-order valence-corrected chi connectivity index (χ1v) is 15.0. The Hall–Kier alpha value is -5.57. The number of amides is 2. The van der Waals surface area contributed by atoms with E-state index in [2.05, 4.69) is 12.1 Å². The third-order valence-corrected chi connectivity index (χ3v) is 8.56. The summed E-state index contributed by atoms with van der Waals surface area (Å²) in [5.74, 6) is -2.13. The van der Waals surface area contributed by atoms with Crippen molar-refractivity contribution in [3.8, 4) is 11.5 Å². The molecule has 9 heteroatoms. The zero-order valence-corrected chi connectivity index (χ0v) is 25.1. The Morgan fingerprint density at radius 2 is 1.39 bits per heavy atom. The molecule has 0 spiro atoms. The number of imide groups is 1. The van der Waals surface area contributed by atoms with Gasteiger partial charge in [-0.1, -0.05) is 42.5 Å². The topological polar surface area (TPSA) is 116 Å². The van der Waals surface area contributed by atoms with E-state index in [0.717, 1.165) is 6.42 Å². The van der Waals surface area contributed by atoms with Crippen molar-refractivity contribution in [1.29, 1.82) is 0 Å². The monoisotopic (exact) mass is 617 g/mol. The van der Waals surface area contributed by atoms with Crippen LogP contribution in [0, 0.1) is 11.8 Å². The maximum atomic E-state index is 13.5. The molecule has 0 aromatic heterocycles. The van der Waals surface area contributed by atoms with E-state index in [1.54, 1.807) is 36.4 Å². The number of ether oxygens (including phenoxy) is 3. The van der Waals surface area contributed by atoms with Crippen LogP contribution >= 0.6 is 0 Å². The lowest BCUT2D eigenvalue weighted by molar-refractivity contribution is -0.122. The third kappa shape index (κ3) is 6.30. The summed E-state index contributed by atoms with van der Waals surface area (Å²) in [4.78, 5) is 66.1. The number of hydrogen-bond donors (Lipinski definition) is 0. The van der Waals surface area contributed by atoms with Crippen LogP contribution in [0.25, 0.3) is 0 Å². The van der Waals surface area contributed by atoms with Gasteiger partial charge < -0.3 is 14.2 Å². The lowest BCUT2D eigenvalue weighted by atomic mass is 9.73. The van der Waals surface area contributed by atoms with Crippen LogP contribution in [0.15, 0.2) is 103 Å². The molecule has 0 N–H and O–H groups in total. The number of rotatable bonds is 9. The SMILES string of the molecule is COc1cccc(C(=O)Oc2ccc(C(=O)COC(=O)c3cccc(N4C(=O)[C@H]5CC[C@@H](c6ccccc6)C[C@@H]5C4=O)c3)cc2)c1. The molecule has 2 aliphatic rings. The van der Waals surface area contributed by atoms with Crippen LogP contribution in [0.5, 0.6) is 11.5 Å². The van der Waals surface area contributed by atoms with E-state index in [-0.39, 0.29) is 40.5 Å². The molecule has 46 heavy (non-hydrogen) atoms. The Kier molecular flexibility index (Phi) is 8.74. The van der Waals surface area contributed by atoms with Crippen molar-refractivity contribution in [3.63, 3.8) is 0 Å². The molecule has 2 amide bonds. The van der Waals surface area contributed by atoms with E-state index in [0.29, 0.717) is 29.8 Å². The first kappa shape index (κ1) is 30.5. The predicted molar refractivity (Wildman–Crippen MR) is 168 cm³/mol. The van der Waals surface area contributed by atoms with Gasteiger partial charge in [0.05, 0.1) is 35.8 Å². The smallest absolute Gasteiger partial charge is 0.343 e. The van der Waals surface area contributed by atoms with Gasteiger partial charge in [0.15, 0.2) is 12.4 Å². The predicted octanol–water partition coefficient (Wildman–Crippen LogP) is 6.03. The molecule has 1 saturated carbocycles.